The van der Waals surface area contributed by atoms with Gasteiger partial charge in [0.25, 0.3) is 0 Å². The quantitative estimate of drug-likeness (QED) is 0.885. The van der Waals surface area contributed by atoms with E-state index in [1.165, 1.54) is 18.4 Å². The molecule has 1 fully saturated rings. The first kappa shape index (κ1) is 15.8. The van der Waals surface area contributed by atoms with Crippen molar-refractivity contribution >= 4 is 11.6 Å². The maximum Gasteiger partial charge on any atom is 0.0409 e. The molecule has 0 spiro atoms. The van der Waals surface area contributed by atoms with Gasteiger partial charge >= 0.3 is 0 Å². The van der Waals surface area contributed by atoms with Gasteiger partial charge < -0.3 is 5.32 Å². The van der Waals surface area contributed by atoms with Crippen LogP contribution in [0.3, 0.4) is 0 Å². The molecule has 1 aliphatic rings. The van der Waals surface area contributed by atoms with E-state index in [4.69, 9.17) is 11.6 Å². The highest BCUT2D eigenvalue weighted by Crippen LogP contribution is 2.20. The molecule has 0 aliphatic carbocycles. The van der Waals surface area contributed by atoms with Crippen molar-refractivity contribution in [2.75, 3.05) is 13.1 Å². The molecule has 1 heterocycles. The third-order valence-electron chi connectivity index (χ3n) is 4.12. The minimum absolute atomic E-state index is 0.623. The zero-order valence-electron chi connectivity index (χ0n) is 12.9. The number of halogens is 1. The van der Waals surface area contributed by atoms with E-state index < -0.39 is 0 Å². The van der Waals surface area contributed by atoms with Gasteiger partial charge in [0.1, 0.15) is 0 Å². The monoisotopic (exact) mass is 294 g/mol. The van der Waals surface area contributed by atoms with E-state index in [0.717, 1.165) is 30.6 Å². The Morgan fingerprint density at radius 2 is 2.20 bits per heavy atom. The average molecular weight is 295 g/mol. The number of nitrogens with zero attached hydrogens (tertiary/aromatic N) is 1. The standard InChI is InChI=1S/C17H27ClN2/c1-4-16-12-20(17(10-19-16)8-13(2)3)11-14-6-5-7-15(18)9-14/h5-7,9,13,16-17,19H,4,8,10-12H2,1-3H3. The number of hydrogen-bond donors (Lipinski definition) is 1. The Hall–Kier alpha value is -0.570. The minimum atomic E-state index is 0.623. The third kappa shape index (κ3) is 4.47. The molecule has 3 heteroatoms. The highest BCUT2D eigenvalue weighted by atomic mass is 35.5. The second kappa shape index (κ2) is 7.44. The predicted molar refractivity (Wildman–Crippen MR) is 87.2 cm³/mol. The van der Waals surface area contributed by atoms with Gasteiger partial charge in [-0.15, -0.1) is 0 Å². The molecular weight excluding hydrogens is 268 g/mol. The van der Waals surface area contributed by atoms with E-state index in [2.05, 4.69) is 49.2 Å². The lowest BCUT2D eigenvalue weighted by molar-refractivity contribution is 0.105. The minimum Gasteiger partial charge on any atom is -0.311 e. The Balaban J connectivity index is 2.06. The van der Waals surface area contributed by atoms with Crippen molar-refractivity contribution in [1.82, 2.24) is 10.2 Å². The second-order valence-electron chi connectivity index (χ2n) is 6.36. The van der Waals surface area contributed by atoms with E-state index in [1.807, 2.05) is 6.07 Å². The number of hydrogen-bond acceptors (Lipinski definition) is 2. The van der Waals surface area contributed by atoms with Crippen LogP contribution >= 0.6 is 11.6 Å². The molecule has 2 rings (SSSR count). The van der Waals surface area contributed by atoms with E-state index in [-0.39, 0.29) is 0 Å². The highest BCUT2D eigenvalue weighted by Gasteiger charge is 2.27. The van der Waals surface area contributed by atoms with Crippen LogP contribution in [0.25, 0.3) is 0 Å². The smallest absolute Gasteiger partial charge is 0.0409 e. The van der Waals surface area contributed by atoms with Gasteiger partial charge in [-0.1, -0.05) is 44.5 Å². The third-order valence-corrected chi connectivity index (χ3v) is 4.36. The van der Waals surface area contributed by atoms with Crippen molar-refractivity contribution in [2.45, 2.75) is 52.2 Å². The van der Waals surface area contributed by atoms with Crippen molar-refractivity contribution in [3.63, 3.8) is 0 Å². The second-order valence-corrected chi connectivity index (χ2v) is 6.79. The Morgan fingerprint density at radius 3 is 2.85 bits per heavy atom. The molecule has 112 valence electrons. The molecule has 0 bridgehead atoms. The highest BCUT2D eigenvalue weighted by molar-refractivity contribution is 6.30. The molecule has 2 atom stereocenters. The average Bonchev–Trinajstić information content (AvgIpc) is 2.40. The molecule has 0 amide bonds. The molecule has 0 aromatic heterocycles. The normalized spacial score (nSPS) is 24.2. The van der Waals surface area contributed by atoms with Gasteiger partial charge in [0, 0.05) is 36.7 Å². The van der Waals surface area contributed by atoms with Gasteiger partial charge in [0.2, 0.25) is 0 Å². The summed E-state index contributed by atoms with van der Waals surface area (Å²) in [5.74, 6) is 0.738. The van der Waals surface area contributed by atoms with Crippen LogP contribution in [-0.2, 0) is 6.54 Å². The molecule has 1 aromatic rings. The lowest BCUT2D eigenvalue weighted by atomic mass is 9.97. The van der Waals surface area contributed by atoms with Crippen LogP contribution in [0.4, 0.5) is 0 Å². The summed E-state index contributed by atoms with van der Waals surface area (Å²) in [6.07, 6.45) is 2.45. The molecule has 0 saturated carbocycles. The largest absolute Gasteiger partial charge is 0.311 e. The maximum absolute atomic E-state index is 6.11. The van der Waals surface area contributed by atoms with Crippen molar-refractivity contribution in [3.8, 4) is 0 Å². The Bertz CT molecular complexity index is 419. The van der Waals surface area contributed by atoms with Crippen LogP contribution in [0.2, 0.25) is 5.02 Å². The van der Waals surface area contributed by atoms with Crippen LogP contribution in [0.1, 0.15) is 39.2 Å². The molecule has 1 aromatic carbocycles. The van der Waals surface area contributed by atoms with Crippen LogP contribution < -0.4 is 5.32 Å². The van der Waals surface area contributed by atoms with E-state index >= 15 is 0 Å². The van der Waals surface area contributed by atoms with Crippen molar-refractivity contribution in [2.24, 2.45) is 5.92 Å². The van der Waals surface area contributed by atoms with Crippen molar-refractivity contribution in [1.29, 1.82) is 0 Å². The molecule has 1 N–H and O–H groups in total. The zero-order valence-corrected chi connectivity index (χ0v) is 13.7. The maximum atomic E-state index is 6.11. The number of benzene rings is 1. The van der Waals surface area contributed by atoms with Gasteiger partial charge in [0.05, 0.1) is 0 Å². The van der Waals surface area contributed by atoms with Gasteiger partial charge in [-0.05, 0) is 36.5 Å². The summed E-state index contributed by atoms with van der Waals surface area (Å²) >= 11 is 6.11. The summed E-state index contributed by atoms with van der Waals surface area (Å²) in [5.41, 5.74) is 1.32. The summed E-state index contributed by atoms with van der Waals surface area (Å²) in [4.78, 5) is 2.64. The summed E-state index contributed by atoms with van der Waals surface area (Å²) in [6, 6.07) is 9.53. The summed E-state index contributed by atoms with van der Waals surface area (Å²) in [5, 5.41) is 4.52. The summed E-state index contributed by atoms with van der Waals surface area (Å²) < 4.78 is 0. The van der Waals surface area contributed by atoms with Crippen LogP contribution in [0.5, 0.6) is 0 Å². The van der Waals surface area contributed by atoms with Gasteiger partial charge in [-0.25, -0.2) is 0 Å². The van der Waals surface area contributed by atoms with Crippen molar-refractivity contribution in [3.05, 3.63) is 34.9 Å². The fourth-order valence-corrected chi connectivity index (χ4v) is 3.25. The number of rotatable bonds is 5. The number of piperazine rings is 1. The lowest BCUT2D eigenvalue weighted by Gasteiger charge is -2.41. The van der Waals surface area contributed by atoms with E-state index in [9.17, 15) is 0 Å². The van der Waals surface area contributed by atoms with Gasteiger partial charge in [-0.2, -0.15) is 0 Å². The molecule has 1 saturated heterocycles. The molecular formula is C17H27ClN2. The molecule has 1 aliphatic heterocycles. The summed E-state index contributed by atoms with van der Waals surface area (Å²) in [6.45, 7) is 10.1. The molecule has 2 unspecified atom stereocenters. The van der Waals surface area contributed by atoms with E-state index in [1.54, 1.807) is 0 Å². The van der Waals surface area contributed by atoms with Crippen LogP contribution in [0, 0.1) is 5.92 Å². The zero-order chi connectivity index (χ0) is 14.5. The molecule has 0 radical (unpaired) electrons. The Labute approximate surface area is 128 Å². The fraction of sp³-hybridized carbons (Fsp3) is 0.647. The fourth-order valence-electron chi connectivity index (χ4n) is 3.04. The lowest BCUT2D eigenvalue weighted by Crippen LogP contribution is -2.56. The van der Waals surface area contributed by atoms with Gasteiger partial charge in [-0.3, -0.25) is 4.90 Å². The first-order valence-electron chi connectivity index (χ1n) is 7.80. The predicted octanol–water partition coefficient (Wildman–Crippen LogP) is 3.94. The van der Waals surface area contributed by atoms with Crippen LogP contribution in [0.15, 0.2) is 24.3 Å². The van der Waals surface area contributed by atoms with E-state index in [0.29, 0.717) is 12.1 Å². The first-order chi connectivity index (χ1) is 9.58. The summed E-state index contributed by atoms with van der Waals surface area (Å²) in [7, 11) is 0. The molecule has 2 nitrogen and oxygen atoms in total. The first-order valence-corrected chi connectivity index (χ1v) is 8.18. The Kier molecular flexibility index (Phi) is 5.88. The van der Waals surface area contributed by atoms with Crippen LogP contribution in [-0.4, -0.2) is 30.1 Å². The topological polar surface area (TPSA) is 15.3 Å². The SMILES string of the molecule is CCC1CN(Cc2cccc(Cl)c2)C(CC(C)C)CN1. The van der Waals surface area contributed by atoms with Crippen molar-refractivity contribution < 1.29 is 0 Å². The Morgan fingerprint density at radius 1 is 1.40 bits per heavy atom. The van der Waals surface area contributed by atoms with Gasteiger partial charge in [0.15, 0.2) is 0 Å². The number of nitrogens with one attached hydrogen (secondary N) is 1. The molecule has 20 heavy (non-hydrogen) atoms.